The van der Waals surface area contributed by atoms with E-state index in [1.165, 1.54) is 0 Å². The van der Waals surface area contributed by atoms with Gasteiger partial charge in [-0.25, -0.2) is 0 Å². The normalized spacial score (nSPS) is 10.2. The molecule has 0 aliphatic rings. The Morgan fingerprint density at radius 3 is 1.88 bits per heavy atom. The van der Waals surface area contributed by atoms with Crippen LogP contribution in [-0.2, 0) is 27.5 Å². The predicted molar refractivity (Wildman–Crippen MR) is 25.5 cm³/mol. The Morgan fingerprint density at radius 1 is 1.50 bits per heavy atom. The Kier molecular flexibility index (Phi) is 6.03. The summed E-state index contributed by atoms with van der Waals surface area (Å²) < 4.78 is 27.3. The molecule has 0 fully saturated rings. The van der Waals surface area contributed by atoms with Crippen molar-refractivity contribution in [2.75, 3.05) is 12.3 Å². The summed E-state index contributed by atoms with van der Waals surface area (Å²) in [4.78, 5) is 0. The van der Waals surface area contributed by atoms with Gasteiger partial charge in [0.25, 0.3) is 10.1 Å². The molecule has 0 saturated carbocycles. The Hall–Kier alpha value is 0.402. The molecule has 0 aromatic rings. The second kappa shape index (κ2) is 4.30. The van der Waals surface area contributed by atoms with E-state index < -0.39 is 10.1 Å². The molecule has 0 spiro atoms. The van der Waals surface area contributed by atoms with E-state index in [0.717, 1.165) is 0 Å². The first-order chi connectivity index (χ1) is 3.06. The van der Waals surface area contributed by atoms with Gasteiger partial charge in [0.1, 0.15) is 0 Å². The van der Waals surface area contributed by atoms with Crippen LogP contribution in [0.25, 0.3) is 0 Å². The van der Waals surface area contributed by atoms with Gasteiger partial charge in [0, 0.05) is 23.9 Å². The SMILES string of the molecule is NCCS(=O)(=O)O.[Cr]. The molecule has 0 aromatic carbocycles. The van der Waals surface area contributed by atoms with E-state index in [2.05, 4.69) is 0 Å². The third-order valence-electron chi connectivity index (χ3n) is 0.376. The van der Waals surface area contributed by atoms with Crippen molar-refractivity contribution in [3.8, 4) is 0 Å². The molecule has 0 bridgehead atoms. The minimum Gasteiger partial charge on any atom is -0.329 e. The van der Waals surface area contributed by atoms with Crippen molar-refractivity contribution in [2.45, 2.75) is 0 Å². The smallest absolute Gasteiger partial charge is 0.266 e. The van der Waals surface area contributed by atoms with Crippen LogP contribution in [-0.4, -0.2) is 25.3 Å². The molecule has 6 heteroatoms. The fourth-order valence-corrected chi connectivity index (χ4v) is 0.447. The molecule has 0 heterocycles. The summed E-state index contributed by atoms with van der Waals surface area (Å²) in [6.45, 7) is -0.0289. The Labute approximate surface area is 58.9 Å². The zero-order valence-corrected chi connectivity index (χ0v) is 6.16. The first-order valence-corrected chi connectivity index (χ1v) is 3.32. The van der Waals surface area contributed by atoms with E-state index in [9.17, 15) is 8.42 Å². The standard InChI is InChI=1S/C2H7NO3S.Cr/c3-1-2-7(4,5)6;/h1-3H2,(H,4,5,6);. The van der Waals surface area contributed by atoms with Crippen molar-refractivity contribution in [1.82, 2.24) is 0 Å². The van der Waals surface area contributed by atoms with Crippen molar-refractivity contribution < 1.29 is 30.3 Å². The molecule has 4 nitrogen and oxygen atoms in total. The summed E-state index contributed by atoms with van der Waals surface area (Å²) in [5.41, 5.74) is 4.78. The van der Waals surface area contributed by atoms with Crippen LogP contribution in [0.3, 0.4) is 0 Å². The van der Waals surface area contributed by atoms with Gasteiger partial charge >= 0.3 is 0 Å². The van der Waals surface area contributed by atoms with Crippen molar-refractivity contribution >= 4 is 10.1 Å². The molecule has 0 rings (SSSR count). The van der Waals surface area contributed by atoms with Crippen LogP contribution >= 0.6 is 0 Å². The molecule has 0 radical (unpaired) electrons. The summed E-state index contributed by atoms with van der Waals surface area (Å²) in [5, 5.41) is 0. The zero-order valence-electron chi connectivity index (χ0n) is 4.07. The van der Waals surface area contributed by atoms with E-state index in [1.807, 2.05) is 0 Å². The van der Waals surface area contributed by atoms with Crippen molar-refractivity contribution in [1.29, 1.82) is 0 Å². The largest absolute Gasteiger partial charge is 0.329 e. The second-order valence-electron chi connectivity index (χ2n) is 1.07. The topological polar surface area (TPSA) is 80.4 Å². The third kappa shape index (κ3) is 9.64. The molecule has 0 saturated heterocycles. The summed E-state index contributed by atoms with van der Waals surface area (Å²) in [6.07, 6.45) is 0. The van der Waals surface area contributed by atoms with E-state index in [1.54, 1.807) is 0 Å². The van der Waals surface area contributed by atoms with Gasteiger partial charge in [-0.15, -0.1) is 0 Å². The van der Waals surface area contributed by atoms with Crippen LogP contribution in [0, 0.1) is 0 Å². The number of rotatable bonds is 2. The minimum atomic E-state index is -3.80. The average molecular weight is 177 g/mol. The fourth-order valence-electron chi connectivity index (χ4n) is 0.149. The summed E-state index contributed by atoms with van der Waals surface area (Å²) in [7, 11) is -3.80. The first-order valence-electron chi connectivity index (χ1n) is 1.71. The maximum atomic E-state index is 9.71. The van der Waals surface area contributed by atoms with Crippen LogP contribution in [0.15, 0.2) is 0 Å². The maximum Gasteiger partial charge on any atom is 0.266 e. The van der Waals surface area contributed by atoms with Gasteiger partial charge in [-0.2, -0.15) is 8.42 Å². The van der Waals surface area contributed by atoms with Gasteiger partial charge in [-0.1, -0.05) is 0 Å². The van der Waals surface area contributed by atoms with Gasteiger partial charge < -0.3 is 5.73 Å². The van der Waals surface area contributed by atoms with Crippen LogP contribution in [0.5, 0.6) is 0 Å². The minimum absolute atomic E-state index is 0. The second-order valence-corrected chi connectivity index (χ2v) is 2.65. The molecule has 0 aromatic heterocycles. The van der Waals surface area contributed by atoms with Gasteiger partial charge in [0.15, 0.2) is 0 Å². The monoisotopic (exact) mass is 177 g/mol. The maximum absolute atomic E-state index is 9.71. The first kappa shape index (κ1) is 11.2. The molecular formula is C2H7CrNO3S. The molecular weight excluding hydrogens is 170 g/mol. The van der Waals surface area contributed by atoms with E-state index in [-0.39, 0.29) is 29.7 Å². The van der Waals surface area contributed by atoms with E-state index in [4.69, 9.17) is 10.3 Å². The number of nitrogens with two attached hydrogens (primary N) is 1. The molecule has 0 aliphatic heterocycles. The third-order valence-corrected chi connectivity index (χ3v) is 1.13. The number of hydrogen-bond donors (Lipinski definition) is 2. The van der Waals surface area contributed by atoms with Crippen molar-refractivity contribution in [2.24, 2.45) is 5.73 Å². The quantitative estimate of drug-likeness (QED) is 0.521. The Morgan fingerprint density at radius 2 is 1.88 bits per heavy atom. The predicted octanol–water partition coefficient (Wildman–Crippen LogP) is -1.17. The van der Waals surface area contributed by atoms with E-state index in [0.29, 0.717) is 0 Å². The van der Waals surface area contributed by atoms with Gasteiger partial charge in [-0.3, -0.25) is 4.55 Å². The molecule has 8 heavy (non-hydrogen) atoms. The van der Waals surface area contributed by atoms with Crippen LogP contribution in [0.4, 0.5) is 0 Å². The molecule has 0 aliphatic carbocycles. The fraction of sp³-hybridized carbons (Fsp3) is 1.00. The van der Waals surface area contributed by atoms with Crippen molar-refractivity contribution in [3.05, 3.63) is 0 Å². The molecule has 0 unspecified atom stereocenters. The van der Waals surface area contributed by atoms with Gasteiger partial charge in [0.2, 0.25) is 0 Å². The summed E-state index contributed by atoms with van der Waals surface area (Å²) in [5.74, 6) is -0.354. The molecule has 0 amide bonds. The summed E-state index contributed by atoms with van der Waals surface area (Å²) >= 11 is 0. The zero-order chi connectivity index (χ0) is 5.91. The molecule has 3 N–H and O–H groups in total. The average Bonchev–Trinajstić information content (AvgIpc) is 1.30. The van der Waals surface area contributed by atoms with Crippen LogP contribution < -0.4 is 5.73 Å². The van der Waals surface area contributed by atoms with Gasteiger partial charge in [-0.05, 0) is 0 Å². The Bertz CT molecular complexity index is 130. The Balaban J connectivity index is 0. The number of hydrogen-bond acceptors (Lipinski definition) is 3. The summed E-state index contributed by atoms with van der Waals surface area (Å²) in [6, 6.07) is 0. The van der Waals surface area contributed by atoms with Crippen LogP contribution in [0.1, 0.15) is 0 Å². The van der Waals surface area contributed by atoms with Crippen molar-refractivity contribution in [3.63, 3.8) is 0 Å². The van der Waals surface area contributed by atoms with Crippen LogP contribution in [0.2, 0.25) is 0 Å². The van der Waals surface area contributed by atoms with Gasteiger partial charge in [0.05, 0.1) is 5.75 Å². The molecule has 50 valence electrons. The van der Waals surface area contributed by atoms with E-state index >= 15 is 0 Å². The molecule has 0 atom stereocenters.